The highest BCUT2D eigenvalue weighted by atomic mass is 16.5. The number of hydrogen-bond donors (Lipinski definition) is 0. The van der Waals surface area contributed by atoms with Crippen LogP contribution >= 0.6 is 0 Å². The Morgan fingerprint density at radius 1 is 0.895 bits per heavy atom. The van der Waals surface area contributed by atoms with Crippen LogP contribution in [-0.4, -0.2) is 55.2 Å². The minimum atomic E-state index is 0.0449. The summed E-state index contributed by atoms with van der Waals surface area (Å²) < 4.78 is 6.59. The van der Waals surface area contributed by atoms with E-state index in [4.69, 9.17) is 4.74 Å². The zero-order valence-electron chi connectivity index (χ0n) is 21.9. The van der Waals surface area contributed by atoms with Crippen molar-refractivity contribution in [2.24, 2.45) is 0 Å². The van der Waals surface area contributed by atoms with Gasteiger partial charge in [-0.05, 0) is 65.9 Å². The molecule has 38 heavy (non-hydrogen) atoms. The van der Waals surface area contributed by atoms with Crippen LogP contribution in [0.3, 0.4) is 0 Å². The summed E-state index contributed by atoms with van der Waals surface area (Å²) in [5, 5.41) is 1.93. The first kappa shape index (κ1) is 25.4. The van der Waals surface area contributed by atoms with Crippen molar-refractivity contribution >= 4 is 29.0 Å². The predicted molar refractivity (Wildman–Crippen MR) is 154 cm³/mol. The fourth-order valence-corrected chi connectivity index (χ4v) is 4.89. The third-order valence-electron chi connectivity index (χ3n) is 7.11. The molecule has 0 aliphatic carbocycles. The van der Waals surface area contributed by atoms with Crippen LogP contribution in [0.2, 0.25) is 0 Å². The number of amides is 1. The Morgan fingerprint density at radius 2 is 1.61 bits per heavy atom. The van der Waals surface area contributed by atoms with Crippen LogP contribution in [0.25, 0.3) is 28.0 Å². The lowest BCUT2D eigenvalue weighted by molar-refractivity contribution is -0.127. The van der Waals surface area contributed by atoms with Gasteiger partial charge < -0.3 is 14.5 Å². The fraction of sp³-hybridized carbons (Fsp3) is 0.212. The van der Waals surface area contributed by atoms with E-state index in [1.807, 2.05) is 71.6 Å². The number of nitrogens with zero attached hydrogens (tertiary/aromatic N) is 2. The molecule has 1 aliphatic rings. The van der Waals surface area contributed by atoms with E-state index in [1.54, 1.807) is 6.08 Å². The number of benzene rings is 4. The van der Waals surface area contributed by atoms with Gasteiger partial charge in [-0.15, -0.1) is 0 Å². The highest BCUT2D eigenvalue weighted by molar-refractivity contribution is 5.99. The first-order valence-corrected chi connectivity index (χ1v) is 13.1. The molecule has 0 aromatic heterocycles. The lowest BCUT2D eigenvalue weighted by Gasteiger charge is -2.31. The second-order valence-corrected chi connectivity index (χ2v) is 9.69. The molecule has 1 amide bonds. The molecule has 0 spiro atoms. The molecule has 4 aromatic carbocycles. The van der Waals surface area contributed by atoms with Crippen LogP contribution in [0.5, 0.6) is 11.5 Å². The van der Waals surface area contributed by atoms with Crippen LogP contribution in [0.15, 0.2) is 84.9 Å². The van der Waals surface area contributed by atoms with E-state index in [0.29, 0.717) is 11.3 Å². The zero-order chi connectivity index (χ0) is 26.5. The molecule has 0 bridgehead atoms. The van der Waals surface area contributed by atoms with E-state index < -0.39 is 0 Å². The third kappa shape index (κ3) is 5.53. The number of hydrogen-bond acceptors (Lipinski definition) is 4. The second-order valence-electron chi connectivity index (χ2n) is 9.69. The summed E-state index contributed by atoms with van der Waals surface area (Å²) in [6.07, 6.45) is 5.20. The molecule has 1 heterocycles. The van der Waals surface area contributed by atoms with Gasteiger partial charge in [-0.2, -0.15) is 0 Å². The van der Waals surface area contributed by atoms with Gasteiger partial charge in [0.1, 0.15) is 17.8 Å². The number of aryl methyl sites for hydroxylation is 1. The van der Waals surface area contributed by atoms with E-state index >= 15 is 0 Å². The summed E-state index contributed by atoms with van der Waals surface area (Å²) in [5.74, 6) is 1.53. The summed E-state index contributed by atoms with van der Waals surface area (Å²) >= 11 is 0. The molecule has 0 radical (unpaired) electrons. The van der Waals surface area contributed by atoms with Gasteiger partial charge in [0, 0.05) is 48.8 Å². The maximum atomic E-state index is 12.6. The van der Waals surface area contributed by atoms with Crippen molar-refractivity contribution in [1.29, 1.82) is 0 Å². The normalized spacial score (nSPS) is 14.2. The van der Waals surface area contributed by atoms with Crippen LogP contribution in [0, 0.1) is 0 Å². The average Bonchev–Trinajstić information content (AvgIpc) is 2.96. The van der Waals surface area contributed by atoms with Crippen LogP contribution in [-0.2, 0) is 11.2 Å². The Labute approximate surface area is 224 Å². The monoisotopic (exact) mass is 504 g/mol. The van der Waals surface area contributed by atoms with Crippen molar-refractivity contribution in [1.82, 2.24) is 9.80 Å². The van der Waals surface area contributed by atoms with Crippen LogP contribution < -0.4 is 4.74 Å². The van der Waals surface area contributed by atoms with Gasteiger partial charge >= 0.3 is 0 Å². The molecule has 4 aromatic rings. The molecule has 5 nitrogen and oxygen atoms in total. The van der Waals surface area contributed by atoms with Crippen LogP contribution in [0.4, 0.5) is 0 Å². The summed E-state index contributed by atoms with van der Waals surface area (Å²) in [7, 11) is 2.08. The highest BCUT2D eigenvalue weighted by Gasteiger charge is 2.18. The van der Waals surface area contributed by atoms with Gasteiger partial charge in [0.15, 0.2) is 0 Å². The third-order valence-corrected chi connectivity index (χ3v) is 7.11. The number of carbonyl (C=O) groups is 2. The average molecular weight is 505 g/mol. The molecule has 0 unspecified atom stereocenters. The lowest BCUT2D eigenvalue weighted by Crippen LogP contribution is -2.46. The van der Waals surface area contributed by atoms with E-state index in [2.05, 4.69) is 37.1 Å². The molecular weight excluding hydrogens is 472 g/mol. The van der Waals surface area contributed by atoms with Gasteiger partial charge in [-0.3, -0.25) is 9.59 Å². The van der Waals surface area contributed by atoms with Crippen molar-refractivity contribution < 1.29 is 14.3 Å². The topological polar surface area (TPSA) is 49.9 Å². The summed E-state index contributed by atoms with van der Waals surface area (Å²) in [5.41, 5.74) is 4.87. The molecule has 1 saturated heterocycles. The number of piperazine rings is 1. The smallest absolute Gasteiger partial charge is 0.246 e. The van der Waals surface area contributed by atoms with Crippen molar-refractivity contribution in [3.63, 3.8) is 0 Å². The lowest BCUT2D eigenvalue weighted by atomic mass is 9.92. The van der Waals surface area contributed by atoms with Gasteiger partial charge in [-0.25, -0.2) is 0 Å². The van der Waals surface area contributed by atoms with E-state index in [1.165, 1.54) is 0 Å². The Kier molecular flexibility index (Phi) is 7.66. The van der Waals surface area contributed by atoms with Gasteiger partial charge in [0.25, 0.3) is 0 Å². The molecule has 0 saturated carbocycles. The molecule has 1 fully saturated rings. The van der Waals surface area contributed by atoms with Gasteiger partial charge in [0.05, 0.1) is 0 Å². The number of aldehydes is 1. The van der Waals surface area contributed by atoms with E-state index in [0.717, 1.165) is 77.7 Å². The summed E-state index contributed by atoms with van der Waals surface area (Å²) in [6, 6.07) is 25.9. The molecule has 1 aliphatic heterocycles. The second kappa shape index (κ2) is 11.4. The predicted octanol–water partition coefficient (Wildman–Crippen LogP) is 6.46. The molecule has 192 valence electrons. The van der Waals surface area contributed by atoms with Crippen molar-refractivity contribution in [3.8, 4) is 22.6 Å². The maximum Gasteiger partial charge on any atom is 0.246 e. The Morgan fingerprint density at radius 3 is 2.29 bits per heavy atom. The molecule has 5 heteroatoms. The van der Waals surface area contributed by atoms with E-state index in [9.17, 15) is 9.59 Å². The number of fused-ring (bicyclic) bond motifs is 1. The standard InChI is InChI=1S/C33H32N2O3/c1-3-26-22-28-21-25(23-36)11-15-30(28)33(32(26)27-7-5-4-6-8-27)38-29-13-9-24(10-14-29)12-16-31(37)35-19-17-34(2)18-20-35/h4-16,21-23H,3,17-20H2,1-2H3/b16-12+. The van der Waals surface area contributed by atoms with Crippen molar-refractivity contribution in [2.45, 2.75) is 13.3 Å². The first-order valence-electron chi connectivity index (χ1n) is 13.1. The molecular formula is C33H32N2O3. The Hall–Kier alpha value is -4.22. The molecule has 0 N–H and O–H groups in total. The quantitative estimate of drug-likeness (QED) is 0.214. The number of rotatable bonds is 7. The van der Waals surface area contributed by atoms with Crippen molar-refractivity contribution in [3.05, 3.63) is 102 Å². The van der Waals surface area contributed by atoms with Crippen molar-refractivity contribution in [2.75, 3.05) is 33.2 Å². The zero-order valence-corrected chi connectivity index (χ0v) is 21.9. The molecule has 0 atom stereocenters. The Bertz CT molecular complexity index is 1470. The number of ether oxygens (including phenoxy) is 1. The fourth-order valence-electron chi connectivity index (χ4n) is 4.89. The largest absolute Gasteiger partial charge is 0.456 e. The maximum absolute atomic E-state index is 12.6. The van der Waals surface area contributed by atoms with E-state index in [-0.39, 0.29) is 5.91 Å². The number of carbonyl (C=O) groups excluding carboxylic acids is 2. The first-order chi connectivity index (χ1) is 18.6. The highest BCUT2D eigenvalue weighted by Crippen LogP contribution is 2.42. The minimum Gasteiger partial charge on any atom is -0.456 e. The summed E-state index contributed by atoms with van der Waals surface area (Å²) in [6.45, 7) is 5.46. The van der Waals surface area contributed by atoms with Gasteiger partial charge in [0.2, 0.25) is 5.91 Å². The van der Waals surface area contributed by atoms with Crippen LogP contribution in [0.1, 0.15) is 28.4 Å². The minimum absolute atomic E-state index is 0.0449. The summed E-state index contributed by atoms with van der Waals surface area (Å²) in [4.78, 5) is 28.1. The SMILES string of the molecule is CCc1cc2cc(C=O)ccc2c(Oc2ccc(/C=C/C(=O)N3CCN(C)CC3)cc2)c1-c1ccccc1. The molecule has 5 rings (SSSR count). The Balaban J connectivity index is 1.46. The van der Waals surface area contributed by atoms with Gasteiger partial charge in [-0.1, -0.05) is 61.5 Å². The number of likely N-dealkylation sites (N-methyl/N-ethyl adjacent to an activating group) is 1.